The highest BCUT2D eigenvalue weighted by molar-refractivity contribution is 5.81. The number of nitrogens with zero attached hydrogens (tertiary/aromatic N) is 6. The lowest BCUT2D eigenvalue weighted by Crippen LogP contribution is -2.24. The Labute approximate surface area is 174 Å². The second-order valence-corrected chi connectivity index (χ2v) is 7.10. The summed E-state index contributed by atoms with van der Waals surface area (Å²) in [6.45, 7) is -0.359. The van der Waals surface area contributed by atoms with Crippen LogP contribution >= 0.6 is 0 Å². The van der Waals surface area contributed by atoms with Crippen LogP contribution in [0, 0.1) is 0 Å². The predicted molar refractivity (Wildman–Crippen MR) is 110 cm³/mol. The summed E-state index contributed by atoms with van der Waals surface area (Å²) < 4.78 is 7.18. The summed E-state index contributed by atoms with van der Waals surface area (Å²) >= 11 is 0. The topological polar surface area (TPSA) is 177 Å². The molecule has 4 aromatic rings. The molecular formula is C19H18N8O4. The minimum absolute atomic E-state index is 0.0106. The smallest absolute Gasteiger partial charge is 0.280 e. The zero-order valence-electron chi connectivity index (χ0n) is 16.1. The molecular weight excluding hydrogens is 404 g/mol. The van der Waals surface area contributed by atoms with Gasteiger partial charge in [0.05, 0.1) is 23.9 Å². The Morgan fingerprint density at radius 3 is 2.97 bits per heavy atom. The number of aliphatic hydroxyl groups excluding tert-OH is 2. The van der Waals surface area contributed by atoms with Gasteiger partial charge in [-0.25, -0.2) is 4.98 Å². The molecule has 0 aliphatic carbocycles. The van der Waals surface area contributed by atoms with Crippen LogP contribution in [-0.2, 0) is 4.74 Å². The number of ether oxygens (including phenoxy) is 1. The summed E-state index contributed by atoms with van der Waals surface area (Å²) in [4.78, 5) is 27.4. The third-order valence-corrected chi connectivity index (χ3v) is 5.06. The number of hydrogen-bond donors (Lipinski definition) is 4. The van der Waals surface area contributed by atoms with Crippen LogP contribution in [0.15, 0.2) is 51.6 Å². The maximum absolute atomic E-state index is 12.3. The van der Waals surface area contributed by atoms with E-state index in [9.17, 15) is 15.0 Å². The van der Waals surface area contributed by atoms with Gasteiger partial charge in [0.25, 0.3) is 11.5 Å². The second kappa shape index (κ2) is 7.50. The molecule has 1 aliphatic heterocycles. The van der Waals surface area contributed by atoms with Gasteiger partial charge in [0, 0.05) is 18.0 Å². The maximum atomic E-state index is 12.3. The quantitative estimate of drug-likeness (QED) is 0.356. The third kappa shape index (κ3) is 3.42. The summed E-state index contributed by atoms with van der Waals surface area (Å²) in [5, 5.41) is 28.9. The standard InChI is InChI=1S/C19H18N8O4/c20-18-23-16-15(17(30)24-18)22-19(27(16)14-7-12(29)13(8-28)31-14)26-25-10-3-4-11-9(6-10)2-1-5-21-11/h1-6,12-14,28-29H,7-8H2,(H3,20,23,24,30)/t12-,13?,14?/m1/s1. The number of hydrogen-bond acceptors (Lipinski definition) is 10. The summed E-state index contributed by atoms with van der Waals surface area (Å²) in [5.41, 5.74) is 6.70. The van der Waals surface area contributed by atoms with Crippen molar-refractivity contribution in [3.8, 4) is 0 Å². The molecule has 0 saturated carbocycles. The van der Waals surface area contributed by atoms with Gasteiger partial charge in [0.1, 0.15) is 12.3 Å². The monoisotopic (exact) mass is 422 g/mol. The van der Waals surface area contributed by atoms with Crippen molar-refractivity contribution in [1.29, 1.82) is 0 Å². The Bertz CT molecular complexity index is 1360. The van der Waals surface area contributed by atoms with Crippen LogP contribution in [-0.4, -0.2) is 53.5 Å². The summed E-state index contributed by atoms with van der Waals surface area (Å²) in [7, 11) is 0. The molecule has 1 aromatic carbocycles. The number of pyridine rings is 1. The molecule has 5 N–H and O–H groups in total. The number of nitrogens with two attached hydrogens (primary N) is 1. The minimum atomic E-state index is -0.899. The molecule has 0 bridgehead atoms. The lowest BCUT2D eigenvalue weighted by molar-refractivity contribution is -0.0426. The van der Waals surface area contributed by atoms with Crippen LogP contribution in [0.3, 0.4) is 0 Å². The van der Waals surface area contributed by atoms with E-state index in [1.807, 2.05) is 24.3 Å². The minimum Gasteiger partial charge on any atom is -0.394 e. The zero-order chi connectivity index (χ0) is 21.5. The molecule has 0 spiro atoms. The average Bonchev–Trinajstić information content (AvgIpc) is 3.31. The molecule has 1 aliphatic rings. The van der Waals surface area contributed by atoms with Crippen LogP contribution in [0.25, 0.3) is 22.1 Å². The second-order valence-electron chi connectivity index (χ2n) is 7.10. The van der Waals surface area contributed by atoms with E-state index in [-0.39, 0.29) is 36.1 Å². The van der Waals surface area contributed by atoms with Crippen molar-refractivity contribution in [3.63, 3.8) is 0 Å². The number of azo groups is 1. The van der Waals surface area contributed by atoms with Gasteiger partial charge < -0.3 is 20.7 Å². The van der Waals surface area contributed by atoms with Gasteiger partial charge >= 0.3 is 0 Å². The van der Waals surface area contributed by atoms with Gasteiger partial charge in [-0.05, 0) is 24.3 Å². The largest absolute Gasteiger partial charge is 0.394 e. The zero-order valence-corrected chi connectivity index (χ0v) is 16.1. The van der Waals surface area contributed by atoms with Crippen LogP contribution in [0.5, 0.6) is 0 Å². The molecule has 4 heterocycles. The third-order valence-electron chi connectivity index (χ3n) is 5.06. The lowest BCUT2D eigenvalue weighted by atomic mass is 10.2. The number of anilines is 1. The van der Waals surface area contributed by atoms with Gasteiger partial charge in [0.2, 0.25) is 5.95 Å². The number of nitrogens with one attached hydrogen (secondary N) is 1. The van der Waals surface area contributed by atoms with Crippen molar-refractivity contribution in [3.05, 3.63) is 46.9 Å². The van der Waals surface area contributed by atoms with E-state index in [1.54, 1.807) is 12.3 Å². The Balaban J connectivity index is 1.61. The first-order chi connectivity index (χ1) is 15.0. The van der Waals surface area contributed by atoms with Crippen molar-refractivity contribution >= 4 is 39.7 Å². The molecule has 3 atom stereocenters. The molecule has 0 radical (unpaired) electrons. The number of aromatic amines is 1. The maximum Gasteiger partial charge on any atom is 0.280 e. The number of H-pyrrole nitrogens is 1. The molecule has 31 heavy (non-hydrogen) atoms. The normalized spacial score (nSPS) is 21.5. The van der Waals surface area contributed by atoms with Gasteiger partial charge in [-0.2, -0.15) is 4.98 Å². The lowest BCUT2D eigenvalue weighted by Gasteiger charge is -2.14. The highest BCUT2D eigenvalue weighted by Gasteiger charge is 2.37. The van der Waals surface area contributed by atoms with Crippen LogP contribution in [0.1, 0.15) is 12.6 Å². The highest BCUT2D eigenvalue weighted by Crippen LogP contribution is 2.35. The molecule has 3 aromatic heterocycles. The molecule has 2 unspecified atom stereocenters. The number of aromatic nitrogens is 5. The Morgan fingerprint density at radius 2 is 2.16 bits per heavy atom. The van der Waals surface area contributed by atoms with E-state index in [2.05, 4.69) is 30.2 Å². The Kier molecular flexibility index (Phi) is 4.66. The molecule has 5 rings (SSSR count). The van der Waals surface area contributed by atoms with E-state index < -0.39 is 24.0 Å². The average molecular weight is 422 g/mol. The number of nitrogen functional groups attached to an aromatic ring is 1. The van der Waals surface area contributed by atoms with E-state index in [4.69, 9.17) is 10.5 Å². The molecule has 12 heteroatoms. The van der Waals surface area contributed by atoms with Crippen LogP contribution in [0.4, 0.5) is 17.6 Å². The van der Waals surface area contributed by atoms with Crippen molar-refractivity contribution in [2.24, 2.45) is 10.2 Å². The number of fused-ring (bicyclic) bond motifs is 2. The van der Waals surface area contributed by atoms with Crippen molar-refractivity contribution < 1.29 is 14.9 Å². The molecule has 158 valence electrons. The first kappa shape index (κ1) is 19.2. The number of rotatable bonds is 4. The first-order valence-electron chi connectivity index (χ1n) is 9.52. The SMILES string of the molecule is Nc1nc2c(nc(N=Nc3ccc4ncccc4c3)n2C2C[C@@H](O)C(CO)O2)c(=O)[nH]1. The Hall–Kier alpha value is -3.74. The van der Waals surface area contributed by atoms with Crippen LogP contribution < -0.4 is 11.3 Å². The van der Waals surface area contributed by atoms with Gasteiger partial charge in [-0.3, -0.25) is 19.3 Å². The van der Waals surface area contributed by atoms with Crippen molar-refractivity contribution in [2.75, 3.05) is 12.3 Å². The first-order valence-corrected chi connectivity index (χ1v) is 9.52. The van der Waals surface area contributed by atoms with E-state index in [0.717, 1.165) is 10.9 Å². The van der Waals surface area contributed by atoms with Crippen molar-refractivity contribution in [2.45, 2.75) is 24.9 Å². The fourth-order valence-corrected chi connectivity index (χ4v) is 3.59. The number of benzene rings is 1. The summed E-state index contributed by atoms with van der Waals surface area (Å²) in [6.07, 6.45) is -0.586. The Morgan fingerprint density at radius 1 is 1.29 bits per heavy atom. The number of imidazole rings is 1. The molecule has 12 nitrogen and oxygen atoms in total. The highest BCUT2D eigenvalue weighted by atomic mass is 16.5. The molecule has 1 saturated heterocycles. The van der Waals surface area contributed by atoms with E-state index in [1.165, 1.54) is 4.57 Å². The van der Waals surface area contributed by atoms with E-state index >= 15 is 0 Å². The van der Waals surface area contributed by atoms with Gasteiger partial charge in [-0.1, -0.05) is 6.07 Å². The van der Waals surface area contributed by atoms with Crippen LogP contribution in [0.2, 0.25) is 0 Å². The van der Waals surface area contributed by atoms with Gasteiger partial charge in [-0.15, -0.1) is 10.2 Å². The predicted octanol–water partition coefficient (Wildman–Crippen LogP) is 1.31. The molecule has 0 amide bonds. The summed E-state index contributed by atoms with van der Waals surface area (Å²) in [6, 6.07) is 9.13. The summed E-state index contributed by atoms with van der Waals surface area (Å²) in [5.74, 6) is -0.0397. The molecule has 1 fully saturated rings. The fourth-order valence-electron chi connectivity index (χ4n) is 3.59. The fraction of sp³-hybridized carbons (Fsp3) is 0.263. The number of aliphatic hydroxyl groups is 2. The van der Waals surface area contributed by atoms with E-state index in [0.29, 0.717) is 5.69 Å². The van der Waals surface area contributed by atoms with Crippen molar-refractivity contribution in [1.82, 2.24) is 24.5 Å². The van der Waals surface area contributed by atoms with Gasteiger partial charge in [0.15, 0.2) is 11.2 Å².